The lowest BCUT2D eigenvalue weighted by Crippen LogP contribution is -2.46. The van der Waals surface area contributed by atoms with E-state index in [9.17, 15) is 28.8 Å². The molecule has 1 saturated heterocycles. The van der Waals surface area contributed by atoms with Gasteiger partial charge in [0.15, 0.2) is 18.4 Å². The van der Waals surface area contributed by atoms with Gasteiger partial charge in [0.05, 0.1) is 28.9 Å². The van der Waals surface area contributed by atoms with Crippen molar-refractivity contribution in [2.45, 2.75) is 76.9 Å². The molecule has 1 aromatic heterocycles. The number of carbonyl (C=O) groups is 4. The molecule has 4 atom stereocenters. The van der Waals surface area contributed by atoms with Crippen LogP contribution in [0.1, 0.15) is 94.0 Å². The number of esters is 4. The number of ether oxygens (including phenoxy) is 5. The smallest absolute Gasteiger partial charge is 0.338 e. The molecule has 0 amide bonds. The van der Waals surface area contributed by atoms with Gasteiger partial charge in [-0.05, 0) is 55.8 Å². The molecule has 288 valence electrons. The normalized spacial score (nSPS) is 17.8. The summed E-state index contributed by atoms with van der Waals surface area (Å²) in [6.45, 7) is 3.31. The molecule has 0 unspecified atom stereocenters. The Morgan fingerprint density at radius 3 is 1.82 bits per heavy atom. The topological polar surface area (TPSA) is 169 Å². The highest BCUT2D eigenvalue weighted by atomic mass is 16.7. The van der Waals surface area contributed by atoms with Gasteiger partial charge in [-0.2, -0.15) is 0 Å². The molecule has 1 N–H and O–H groups in total. The Labute approximate surface area is 317 Å². The SMILES string of the molecule is CCCCCCCCOC(=O)/C=C/c1c(C)[nH]c(=O)n([C@@H]2O[C@@H](COC(=O)c3ccccc3)[C@@H](OC(=O)c3ccccc3)[C@H]2OC(=O)c2ccccc2)c1=O. The van der Waals surface area contributed by atoms with Crippen LogP contribution in [-0.4, -0.2) is 65.0 Å². The van der Waals surface area contributed by atoms with E-state index in [2.05, 4.69) is 11.9 Å². The molecule has 1 fully saturated rings. The van der Waals surface area contributed by atoms with E-state index >= 15 is 0 Å². The largest absolute Gasteiger partial charge is 0.463 e. The van der Waals surface area contributed by atoms with Gasteiger partial charge in [0.25, 0.3) is 5.56 Å². The van der Waals surface area contributed by atoms with E-state index in [1.807, 2.05) is 0 Å². The minimum absolute atomic E-state index is 0.0790. The summed E-state index contributed by atoms with van der Waals surface area (Å²) in [6.07, 6.45) is 2.27. The summed E-state index contributed by atoms with van der Waals surface area (Å²) in [7, 11) is 0. The second-order valence-electron chi connectivity index (χ2n) is 12.9. The maximum absolute atomic E-state index is 14.1. The van der Waals surface area contributed by atoms with Crippen molar-refractivity contribution < 1.29 is 42.9 Å². The van der Waals surface area contributed by atoms with E-state index in [1.165, 1.54) is 37.3 Å². The number of hydrogen-bond acceptors (Lipinski definition) is 11. The van der Waals surface area contributed by atoms with Crippen molar-refractivity contribution in [1.29, 1.82) is 0 Å². The number of aryl methyl sites for hydroxylation is 1. The van der Waals surface area contributed by atoms with Gasteiger partial charge >= 0.3 is 29.6 Å². The molecular formula is C42H44N2O11. The number of benzene rings is 3. The minimum atomic E-state index is -1.69. The second kappa shape index (κ2) is 19.8. The Morgan fingerprint density at radius 2 is 1.24 bits per heavy atom. The van der Waals surface area contributed by atoms with Crippen LogP contribution in [0, 0.1) is 6.92 Å². The lowest BCUT2D eigenvalue weighted by Gasteiger charge is -2.25. The molecule has 55 heavy (non-hydrogen) atoms. The average Bonchev–Trinajstić information content (AvgIpc) is 3.52. The van der Waals surface area contributed by atoms with Gasteiger partial charge in [-0.3, -0.25) is 4.79 Å². The van der Waals surface area contributed by atoms with Crippen LogP contribution in [0.25, 0.3) is 6.08 Å². The third-order valence-electron chi connectivity index (χ3n) is 8.93. The second-order valence-corrected chi connectivity index (χ2v) is 12.9. The summed E-state index contributed by atoms with van der Waals surface area (Å²) < 4.78 is 29.6. The number of hydrogen-bond donors (Lipinski definition) is 1. The Morgan fingerprint density at radius 1 is 0.709 bits per heavy atom. The lowest BCUT2D eigenvalue weighted by atomic mass is 10.1. The molecule has 0 bridgehead atoms. The van der Waals surface area contributed by atoms with E-state index in [0.717, 1.165) is 38.2 Å². The van der Waals surface area contributed by atoms with Crippen molar-refractivity contribution in [2.75, 3.05) is 13.2 Å². The predicted octanol–water partition coefficient (Wildman–Crippen LogP) is 5.97. The third-order valence-corrected chi connectivity index (χ3v) is 8.93. The Bertz CT molecular complexity index is 2060. The molecule has 0 spiro atoms. The quantitative estimate of drug-likeness (QED) is 0.0584. The van der Waals surface area contributed by atoms with Crippen LogP contribution in [0.5, 0.6) is 0 Å². The van der Waals surface area contributed by atoms with Crippen LogP contribution in [-0.2, 0) is 28.5 Å². The maximum atomic E-state index is 14.1. The van der Waals surface area contributed by atoms with Crippen molar-refractivity contribution in [3.8, 4) is 0 Å². The standard InChI is InChI=1S/C42H44N2O11/c1-3-4-5-6-7-17-26-51-34(45)25-24-32-28(2)43-42(50)44(37(32)46)38-36(55-41(49)31-22-15-10-16-23-31)35(54-40(48)30-20-13-9-14-21-30)33(53-38)27-52-39(47)29-18-11-8-12-19-29/h8-16,18-25,33,35-36,38H,3-7,17,26-27H2,1-2H3,(H,43,50)/b25-24+/t33-,35+,36+,38+/m0/s1. The summed E-state index contributed by atoms with van der Waals surface area (Å²) in [5.74, 6) is -3.10. The van der Waals surface area contributed by atoms with E-state index in [0.29, 0.717) is 11.0 Å². The van der Waals surface area contributed by atoms with Gasteiger partial charge in [0, 0.05) is 11.8 Å². The molecule has 13 nitrogen and oxygen atoms in total. The Hall–Kier alpha value is -6.08. The zero-order chi connectivity index (χ0) is 39.2. The first-order chi connectivity index (χ1) is 26.7. The molecule has 0 radical (unpaired) electrons. The fourth-order valence-electron chi connectivity index (χ4n) is 6.02. The molecule has 1 aliphatic heterocycles. The number of nitrogens with zero attached hydrogens (tertiary/aromatic N) is 1. The van der Waals surface area contributed by atoms with Gasteiger partial charge in [-0.15, -0.1) is 0 Å². The number of rotatable bonds is 17. The van der Waals surface area contributed by atoms with Gasteiger partial charge in [0.2, 0.25) is 0 Å². The van der Waals surface area contributed by atoms with Crippen LogP contribution >= 0.6 is 0 Å². The van der Waals surface area contributed by atoms with Crippen molar-refractivity contribution in [3.63, 3.8) is 0 Å². The van der Waals surface area contributed by atoms with E-state index in [1.54, 1.807) is 66.7 Å². The van der Waals surface area contributed by atoms with E-state index in [-0.39, 0.29) is 34.6 Å². The van der Waals surface area contributed by atoms with Crippen LogP contribution in [0.3, 0.4) is 0 Å². The first-order valence-electron chi connectivity index (χ1n) is 18.3. The molecule has 0 aliphatic carbocycles. The predicted molar refractivity (Wildman–Crippen MR) is 201 cm³/mol. The summed E-state index contributed by atoms with van der Waals surface area (Å²) in [6, 6.07) is 24.0. The van der Waals surface area contributed by atoms with Crippen molar-refractivity contribution >= 4 is 30.0 Å². The highest BCUT2D eigenvalue weighted by molar-refractivity contribution is 5.91. The molecule has 13 heteroatoms. The fraction of sp³-hybridized carbons (Fsp3) is 0.333. The molecule has 0 saturated carbocycles. The monoisotopic (exact) mass is 752 g/mol. The minimum Gasteiger partial charge on any atom is -0.463 e. The van der Waals surface area contributed by atoms with Crippen LogP contribution < -0.4 is 11.2 Å². The molecule has 3 aromatic carbocycles. The number of aromatic amines is 1. The van der Waals surface area contributed by atoms with Gasteiger partial charge in [-0.1, -0.05) is 93.6 Å². The number of aromatic nitrogens is 2. The molecule has 5 rings (SSSR count). The third kappa shape index (κ3) is 10.8. The van der Waals surface area contributed by atoms with E-state index < -0.39 is 66.3 Å². The van der Waals surface area contributed by atoms with Gasteiger partial charge < -0.3 is 28.7 Å². The maximum Gasteiger partial charge on any atom is 0.338 e. The molecule has 1 aliphatic rings. The lowest BCUT2D eigenvalue weighted by molar-refractivity contribution is -0.137. The molecule has 4 aromatic rings. The zero-order valence-corrected chi connectivity index (χ0v) is 30.7. The molecule has 2 heterocycles. The summed E-state index contributed by atoms with van der Waals surface area (Å²) in [4.78, 5) is 82.9. The summed E-state index contributed by atoms with van der Waals surface area (Å²) >= 11 is 0. The summed E-state index contributed by atoms with van der Waals surface area (Å²) in [5.41, 5.74) is -1.27. The highest BCUT2D eigenvalue weighted by Gasteiger charge is 2.52. The average molecular weight is 753 g/mol. The Kier molecular flexibility index (Phi) is 14.5. The molecular weight excluding hydrogens is 708 g/mol. The zero-order valence-electron chi connectivity index (χ0n) is 30.7. The number of unbranched alkanes of at least 4 members (excludes halogenated alkanes) is 5. The van der Waals surface area contributed by atoms with Crippen LogP contribution in [0.2, 0.25) is 0 Å². The Balaban J connectivity index is 1.48. The highest BCUT2D eigenvalue weighted by Crippen LogP contribution is 2.34. The summed E-state index contributed by atoms with van der Waals surface area (Å²) in [5, 5.41) is 0. The number of nitrogens with one attached hydrogen (secondary N) is 1. The van der Waals surface area contributed by atoms with Gasteiger partial charge in [-0.25, -0.2) is 28.5 Å². The van der Waals surface area contributed by atoms with Gasteiger partial charge in [0.1, 0.15) is 12.7 Å². The van der Waals surface area contributed by atoms with Crippen LogP contribution in [0.4, 0.5) is 0 Å². The van der Waals surface area contributed by atoms with Crippen molar-refractivity contribution in [3.05, 3.63) is 146 Å². The number of H-pyrrole nitrogens is 1. The fourth-order valence-corrected chi connectivity index (χ4v) is 6.02. The van der Waals surface area contributed by atoms with Crippen molar-refractivity contribution in [1.82, 2.24) is 9.55 Å². The first kappa shape index (κ1) is 40.1. The van der Waals surface area contributed by atoms with Crippen molar-refractivity contribution in [2.24, 2.45) is 0 Å². The first-order valence-corrected chi connectivity index (χ1v) is 18.3. The van der Waals surface area contributed by atoms with E-state index in [4.69, 9.17) is 23.7 Å². The van der Waals surface area contributed by atoms with Crippen LogP contribution in [0.15, 0.2) is 107 Å². The number of carbonyl (C=O) groups excluding carboxylic acids is 4.